The van der Waals surface area contributed by atoms with E-state index in [1.807, 2.05) is 48.7 Å². The number of hydrogen-bond donors (Lipinski definition) is 1. The van der Waals surface area contributed by atoms with Crippen LogP contribution in [0.2, 0.25) is 0 Å². The summed E-state index contributed by atoms with van der Waals surface area (Å²) in [7, 11) is 0. The first kappa shape index (κ1) is 16.4. The summed E-state index contributed by atoms with van der Waals surface area (Å²) in [6.07, 6.45) is 11.1. The Kier molecular flexibility index (Phi) is 3.93. The maximum absolute atomic E-state index is 12.4. The largest absolute Gasteiger partial charge is 0.337 e. The third kappa shape index (κ3) is 2.84. The minimum absolute atomic E-state index is 0.0328. The topological polar surface area (TPSA) is 87.8 Å². The second kappa shape index (κ2) is 6.73. The van der Waals surface area contributed by atoms with E-state index >= 15 is 0 Å². The average molecular weight is 371 g/mol. The van der Waals surface area contributed by atoms with Crippen LogP contribution in [0.25, 0.3) is 11.2 Å². The van der Waals surface area contributed by atoms with E-state index in [4.69, 9.17) is 0 Å². The van der Waals surface area contributed by atoms with Crippen molar-refractivity contribution in [1.82, 2.24) is 24.5 Å². The van der Waals surface area contributed by atoms with Gasteiger partial charge in [-0.3, -0.25) is 9.79 Å². The first-order valence-corrected chi connectivity index (χ1v) is 9.00. The Morgan fingerprint density at radius 3 is 2.64 bits per heavy atom. The van der Waals surface area contributed by atoms with Gasteiger partial charge in [0.15, 0.2) is 11.5 Å². The number of fused-ring (bicyclic) bond motifs is 1. The quantitative estimate of drug-likeness (QED) is 0.711. The maximum atomic E-state index is 12.4. The minimum Gasteiger partial charge on any atom is -0.337 e. The van der Waals surface area contributed by atoms with Crippen LogP contribution in [0, 0.1) is 0 Å². The van der Waals surface area contributed by atoms with Gasteiger partial charge in [-0.05, 0) is 24.3 Å². The van der Waals surface area contributed by atoms with Gasteiger partial charge < -0.3 is 10.2 Å². The van der Waals surface area contributed by atoms with Gasteiger partial charge in [-0.25, -0.2) is 14.5 Å². The molecule has 8 heteroatoms. The Hall–Kier alpha value is -3.81. The molecule has 28 heavy (non-hydrogen) atoms. The normalized spacial score (nSPS) is 15.4. The Labute approximate surface area is 160 Å². The van der Waals surface area contributed by atoms with Crippen LogP contribution in [0.4, 0.5) is 11.5 Å². The first-order chi connectivity index (χ1) is 13.8. The SMILES string of the molecule is O=C(c1ccc(Nc2ncc(C3=CCN=C3)n3ncnc23)cc1)N1CC=CC1. The molecular weight excluding hydrogens is 354 g/mol. The van der Waals surface area contributed by atoms with Crippen LogP contribution in [-0.4, -0.2) is 56.2 Å². The highest BCUT2D eigenvalue weighted by molar-refractivity contribution is 6.11. The highest BCUT2D eigenvalue weighted by Gasteiger charge is 2.17. The molecule has 138 valence electrons. The maximum Gasteiger partial charge on any atom is 0.254 e. The molecular formula is C20H17N7O. The molecule has 0 saturated carbocycles. The first-order valence-electron chi connectivity index (χ1n) is 9.00. The number of nitrogens with zero attached hydrogens (tertiary/aromatic N) is 6. The fourth-order valence-corrected chi connectivity index (χ4v) is 3.29. The summed E-state index contributed by atoms with van der Waals surface area (Å²) in [5, 5.41) is 7.58. The molecule has 5 rings (SSSR count). The van der Waals surface area contributed by atoms with Gasteiger partial charge in [0.1, 0.15) is 6.33 Å². The lowest BCUT2D eigenvalue weighted by Gasteiger charge is -2.15. The van der Waals surface area contributed by atoms with Crippen LogP contribution in [0.15, 0.2) is 60.0 Å². The fourth-order valence-electron chi connectivity index (χ4n) is 3.29. The number of anilines is 2. The van der Waals surface area contributed by atoms with Crippen LogP contribution in [0.5, 0.6) is 0 Å². The van der Waals surface area contributed by atoms with E-state index in [-0.39, 0.29) is 5.91 Å². The van der Waals surface area contributed by atoms with Crippen molar-refractivity contribution in [2.24, 2.45) is 4.99 Å². The van der Waals surface area contributed by atoms with Gasteiger partial charge in [0.25, 0.3) is 5.91 Å². The molecule has 0 fully saturated rings. The molecule has 1 amide bonds. The monoisotopic (exact) mass is 371 g/mol. The number of hydrogen-bond acceptors (Lipinski definition) is 6. The van der Waals surface area contributed by atoms with E-state index in [2.05, 4.69) is 25.4 Å². The highest BCUT2D eigenvalue weighted by Crippen LogP contribution is 2.23. The second-order valence-corrected chi connectivity index (χ2v) is 6.53. The Morgan fingerprint density at radius 2 is 1.89 bits per heavy atom. The molecule has 0 saturated heterocycles. The number of allylic oxidation sites excluding steroid dienone is 1. The lowest BCUT2D eigenvalue weighted by atomic mass is 10.2. The van der Waals surface area contributed by atoms with Crippen molar-refractivity contribution in [3.63, 3.8) is 0 Å². The molecule has 8 nitrogen and oxygen atoms in total. The molecule has 1 aromatic carbocycles. The van der Waals surface area contributed by atoms with Gasteiger partial charge in [-0.2, -0.15) is 5.10 Å². The summed E-state index contributed by atoms with van der Waals surface area (Å²) in [6, 6.07) is 7.37. The van der Waals surface area contributed by atoms with Crippen molar-refractivity contribution in [2.45, 2.75) is 0 Å². The molecule has 0 unspecified atom stereocenters. The van der Waals surface area contributed by atoms with Crippen molar-refractivity contribution >= 4 is 34.8 Å². The van der Waals surface area contributed by atoms with E-state index in [1.165, 1.54) is 6.33 Å². The van der Waals surface area contributed by atoms with Crippen LogP contribution < -0.4 is 5.32 Å². The Morgan fingerprint density at radius 1 is 1.07 bits per heavy atom. The van der Waals surface area contributed by atoms with Gasteiger partial charge in [-0.15, -0.1) is 0 Å². The summed E-state index contributed by atoms with van der Waals surface area (Å²) in [4.78, 5) is 27.3. The number of carbonyl (C=O) groups is 1. The summed E-state index contributed by atoms with van der Waals surface area (Å²) in [5.41, 5.74) is 3.94. The number of rotatable bonds is 4. The lowest BCUT2D eigenvalue weighted by molar-refractivity contribution is 0.0800. The van der Waals surface area contributed by atoms with E-state index < -0.39 is 0 Å². The molecule has 2 aliphatic heterocycles. The van der Waals surface area contributed by atoms with Crippen molar-refractivity contribution in [1.29, 1.82) is 0 Å². The zero-order chi connectivity index (χ0) is 18.9. The number of carbonyl (C=O) groups excluding carboxylic acids is 1. The predicted molar refractivity (Wildman–Crippen MR) is 107 cm³/mol. The number of benzene rings is 1. The number of aliphatic imine (C=N–C) groups is 1. The molecule has 0 spiro atoms. The smallest absolute Gasteiger partial charge is 0.254 e. The summed E-state index contributed by atoms with van der Waals surface area (Å²) in [5.74, 6) is 0.630. The zero-order valence-corrected chi connectivity index (χ0v) is 15.0. The molecule has 0 radical (unpaired) electrons. The van der Waals surface area contributed by atoms with Gasteiger partial charge in [0, 0.05) is 36.1 Å². The van der Waals surface area contributed by atoms with E-state index in [9.17, 15) is 4.79 Å². The average Bonchev–Trinajstić information content (AvgIpc) is 3.50. The van der Waals surface area contributed by atoms with Crippen molar-refractivity contribution in [2.75, 3.05) is 25.0 Å². The van der Waals surface area contributed by atoms with Crippen LogP contribution in [0.3, 0.4) is 0 Å². The zero-order valence-electron chi connectivity index (χ0n) is 15.0. The third-order valence-corrected chi connectivity index (χ3v) is 4.75. The van der Waals surface area contributed by atoms with Gasteiger partial charge >= 0.3 is 0 Å². The summed E-state index contributed by atoms with van der Waals surface area (Å²) >= 11 is 0. The standard InChI is InChI=1S/C20H17N7O/c28-20(26-9-1-2-10-26)14-3-5-16(6-4-14)25-18-19-23-13-24-27(19)17(12-22-18)15-7-8-21-11-15/h1-7,11-13H,8-10H2,(H,22,25). The van der Waals surface area contributed by atoms with E-state index in [0.29, 0.717) is 36.7 Å². The molecule has 2 aliphatic rings. The van der Waals surface area contributed by atoms with Crippen molar-refractivity contribution < 1.29 is 4.79 Å². The van der Waals surface area contributed by atoms with Crippen molar-refractivity contribution in [3.05, 3.63) is 66.3 Å². The second-order valence-electron chi connectivity index (χ2n) is 6.53. The Bertz CT molecular complexity index is 1130. The molecule has 4 heterocycles. The highest BCUT2D eigenvalue weighted by atomic mass is 16.2. The molecule has 3 aromatic rings. The predicted octanol–water partition coefficient (Wildman–Crippen LogP) is 2.35. The molecule has 0 atom stereocenters. The fraction of sp³-hybridized carbons (Fsp3) is 0.150. The van der Waals surface area contributed by atoms with Gasteiger partial charge in [0.2, 0.25) is 0 Å². The van der Waals surface area contributed by atoms with Crippen LogP contribution in [0.1, 0.15) is 16.1 Å². The molecule has 0 aliphatic carbocycles. The van der Waals surface area contributed by atoms with Gasteiger partial charge in [-0.1, -0.05) is 18.2 Å². The lowest BCUT2D eigenvalue weighted by Crippen LogP contribution is -2.28. The number of aromatic nitrogens is 4. The van der Waals surface area contributed by atoms with Crippen molar-refractivity contribution in [3.8, 4) is 0 Å². The van der Waals surface area contributed by atoms with E-state index in [1.54, 1.807) is 15.6 Å². The summed E-state index contributed by atoms with van der Waals surface area (Å²) in [6.45, 7) is 2.01. The van der Waals surface area contributed by atoms with E-state index in [0.717, 1.165) is 17.0 Å². The molecule has 2 aromatic heterocycles. The molecule has 0 bridgehead atoms. The van der Waals surface area contributed by atoms with Crippen LogP contribution >= 0.6 is 0 Å². The Balaban J connectivity index is 1.40. The van der Waals surface area contributed by atoms with Crippen LogP contribution in [-0.2, 0) is 0 Å². The minimum atomic E-state index is 0.0328. The summed E-state index contributed by atoms with van der Waals surface area (Å²) < 4.78 is 1.75. The third-order valence-electron chi connectivity index (χ3n) is 4.75. The van der Waals surface area contributed by atoms with Gasteiger partial charge in [0.05, 0.1) is 18.4 Å². The number of amides is 1. The molecule has 1 N–H and O–H groups in total. The number of nitrogens with one attached hydrogen (secondary N) is 1.